The van der Waals surface area contributed by atoms with E-state index in [0.29, 0.717) is 11.5 Å². The Kier molecular flexibility index (Phi) is 4.71. The summed E-state index contributed by atoms with van der Waals surface area (Å²) in [6.07, 6.45) is 8.56. The summed E-state index contributed by atoms with van der Waals surface area (Å²) >= 11 is 0. The van der Waals surface area contributed by atoms with E-state index < -0.39 is 0 Å². The van der Waals surface area contributed by atoms with E-state index in [4.69, 9.17) is 0 Å². The van der Waals surface area contributed by atoms with Crippen LogP contribution in [0, 0.1) is 11.3 Å². The van der Waals surface area contributed by atoms with Crippen molar-refractivity contribution in [2.24, 2.45) is 11.3 Å². The standard InChI is InChI=1S/C16H32N2/c1-5-18(12-13-8-6-9-13)14-10-7-11-16(2,3)15(14)17-4/h13-15,17H,5-12H2,1-4H3. The van der Waals surface area contributed by atoms with Crippen LogP contribution in [-0.2, 0) is 0 Å². The first-order valence-electron chi connectivity index (χ1n) is 7.99. The van der Waals surface area contributed by atoms with E-state index in [9.17, 15) is 0 Å². The van der Waals surface area contributed by atoms with Gasteiger partial charge in [-0.1, -0.05) is 33.6 Å². The van der Waals surface area contributed by atoms with E-state index >= 15 is 0 Å². The van der Waals surface area contributed by atoms with Gasteiger partial charge in [0.15, 0.2) is 0 Å². The predicted molar refractivity (Wildman–Crippen MR) is 78.9 cm³/mol. The minimum atomic E-state index is 0.449. The number of likely N-dealkylation sites (N-methyl/N-ethyl adjacent to an activating group) is 2. The zero-order chi connectivity index (χ0) is 13.2. The van der Waals surface area contributed by atoms with E-state index in [-0.39, 0.29) is 0 Å². The largest absolute Gasteiger partial charge is 0.315 e. The van der Waals surface area contributed by atoms with Crippen molar-refractivity contribution >= 4 is 0 Å². The number of hydrogen-bond acceptors (Lipinski definition) is 2. The quantitative estimate of drug-likeness (QED) is 0.808. The van der Waals surface area contributed by atoms with Crippen LogP contribution in [0.3, 0.4) is 0 Å². The van der Waals surface area contributed by atoms with Crippen molar-refractivity contribution in [3.05, 3.63) is 0 Å². The van der Waals surface area contributed by atoms with Crippen molar-refractivity contribution in [2.75, 3.05) is 20.1 Å². The summed E-state index contributed by atoms with van der Waals surface area (Å²) in [4.78, 5) is 2.77. The van der Waals surface area contributed by atoms with Crippen molar-refractivity contribution in [1.29, 1.82) is 0 Å². The van der Waals surface area contributed by atoms with Crippen LogP contribution in [0.5, 0.6) is 0 Å². The van der Waals surface area contributed by atoms with E-state index in [1.165, 1.54) is 51.6 Å². The summed E-state index contributed by atoms with van der Waals surface area (Å²) in [5.41, 5.74) is 0.449. The van der Waals surface area contributed by atoms with E-state index in [1.54, 1.807) is 0 Å². The van der Waals surface area contributed by atoms with Crippen LogP contribution in [-0.4, -0.2) is 37.1 Å². The van der Waals surface area contributed by atoms with Gasteiger partial charge >= 0.3 is 0 Å². The summed E-state index contributed by atoms with van der Waals surface area (Å²) in [5.74, 6) is 0.993. The molecular weight excluding hydrogens is 220 g/mol. The van der Waals surface area contributed by atoms with E-state index in [2.05, 4.69) is 38.0 Å². The highest BCUT2D eigenvalue weighted by molar-refractivity contribution is 4.98. The van der Waals surface area contributed by atoms with Crippen LogP contribution in [0.1, 0.15) is 59.3 Å². The molecule has 0 spiro atoms. The molecule has 2 aliphatic carbocycles. The Morgan fingerprint density at radius 1 is 1.17 bits per heavy atom. The third-order valence-corrected chi connectivity index (χ3v) is 5.45. The van der Waals surface area contributed by atoms with Gasteiger partial charge in [0.2, 0.25) is 0 Å². The van der Waals surface area contributed by atoms with Crippen molar-refractivity contribution in [3.8, 4) is 0 Å². The molecule has 18 heavy (non-hydrogen) atoms. The Hall–Kier alpha value is -0.0800. The first kappa shape index (κ1) is 14.3. The van der Waals surface area contributed by atoms with E-state index in [0.717, 1.165) is 12.0 Å². The second kappa shape index (κ2) is 5.92. The van der Waals surface area contributed by atoms with Crippen molar-refractivity contribution < 1.29 is 0 Å². The molecule has 2 nitrogen and oxygen atoms in total. The molecule has 2 saturated carbocycles. The third kappa shape index (κ3) is 2.91. The molecule has 2 unspecified atom stereocenters. The Morgan fingerprint density at radius 3 is 2.39 bits per heavy atom. The lowest BCUT2D eigenvalue weighted by atomic mass is 9.70. The molecule has 2 heteroatoms. The zero-order valence-corrected chi connectivity index (χ0v) is 12.8. The number of hydrogen-bond donors (Lipinski definition) is 1. The third-order valence-electron chi connectivity index (χ3n) is 5.45. The second-order valence-corrected chi connectivity index (χ2v) is 7.10. The fourth-order valence-electron chi connectivity index (χ4n) is 4.09. The maximum atomic E-state index is 3.63. The van der Waals surface area contributed by atoms with Gasteiger partial charge in [0.05, 0.1) is 0 Å². The molecule has 0 heterocycles. The average Bonchev–Trinajstić information content (AvgIpc) is 2.26. The topological polar surface area (TPSA) is 15.3 Å². The maximum absolute atomic E-state index is 3.63. The van der Waals surface area contributed by atoms with Gasteiger partial charge in [0, 0.05) is 18.6 Å². The predicted octanol–water partition coefficient (Wildman–Crippen LogP) is 3.28. The van der Waals surface area contributed by atoms with E-state index in [1.807, 2.05) is 0 Å². The fraction of sp³-hybridized carbons (Fsp3) is 1.00. The minimum Gasteiger partial charge on any atom is -0.315 e. The highest BCUT2D eigenvalue weighted by Crippen LogP contribution is 2.38. The lowest BCUT2D eigenvalue weighted by molar-refractivity contribution is 0.0372. The second-order valence-electron chi connectivity index (χ2n) is 7.10. The Bertz CT molecular complexity index is 258. The van der Waals surface area contributed by atoms with Gasteiger partial charge in [-0.25, -0.2) is 0 Å². The first-order chi connectivity index (χ1) is 8.58. The smallest absolute Gasteiger partial charge is 0.0271 e. The molecule has 106 valence electrons. The minimum absolute atomic E-state index is 0.449. The van der Waals surface area contributed by atoms with Gasteiger partial charge in [-0.3, -0.25) is 4.90 Å². The number of nitrogens with one attached hydrogen (secondary N) is 1. The Morgan fingerprint density at radius 2 is 1.89 bits per heavy atom. The lowest BCUT2D eigenvalue weighted by Crippen LogP contribution is -2.58. The molecule has 0 aromatic heterocycles. The average molecular weight is 252 g/mol. The van der Waals surface area contributed by atoms with Gasteiger partial charge in [0.1, 0.15) is 0 Å². The van der Waals surface area contributed by atoms with Crippen LogP contribution >= 0.6 is 0 Å². The Balaban J connectivity index is 2.02. The monoisotopic (exact) mass is 252 g/mol. The zero-order valence-electron chi connectivity index (χ0n) is 12.8. The SMILES string of the molecule is CCN(CC1CCC1)C1CCCC(C)(C)C1NC. The van der Waals surface area contributed by atoms with Gasteiger partial charge in [-0.15, -0.1) is 0 Å². The fourth-order valence-corrected chi connectivity index (χ4v) is 4.09. The molecule has 2 aliphatic rings. The number of rotatable bonds is 5. The first-order valence-corrected chi connectivity index (χ1v) is 7.99. The molecule has 2 rings (SSSR count). The molecule has 1 N–H and O–H groups in total. The molecule has 0 radical (unpaired) electrons. The van der Waals surface area contributed by atoms with Gasteiger partial charge in [-0.2, -0.15) is 0 Å². The summed E-state index contributed by atoms with van der Waals surface area (Å²) in [6.45, 7) is 9.78. The van der Waals surface area contributed by atoms with Crippen molar-refractivity contribution in [3.63, 3.8) is 0 Å². The van der Waals surface area contributed by atoms with Crippen LogP contribution < -0.4 is 5.32 Å². The normalized spacial score (nSPS) is 32.5. The van der Waals surface area contributed by atoms with Crippen LogP contribution in [0.4, 0.5) is 0 Å². The van der Waals surface area contributed by atoms with Gasteiger partial charge in [0.25, 0.3) is 0 Å². The summed E-state index contributed by atoms with van der Waals surface area (Å²) in [6, 6.07) is 1.41. The summed E-state index contributed by atoms with van der Waals surface area (Å²) in [5, 5.41) is 3.63. The van der Waals surface area contributed by atoms with Crippen molar-refractivity contribution in [1.82, 2.24) is 10.2 Å². The van der Waals surface area contributed by atoms with Crippen LogP contribution in [0.2, 0.25) is 0 Å². The molecule has 0 aromatic rings. The van der Waals surface area contributed by atoms with Gasteiger partial charge < -0.3 is 5.32 Å². The maximum Gasteiger partial charge on any atom is 0.0271 e. The molecule has 0 bridgehead atoms. The molecule has 2 fully saturated rings. The van der Waals surface area contributed by atoms with Crippen LogP contribution in [0.25, 0.3) is 0 Å². The lowest BCUT2D eigenvalue weighted by Gasteiger charge is -2.49. The number of nitrogens with zero attached hydrogens (tertiary/aromatic N) is 1. The summed E-state index contributed by atoms with van der Waals surface area (Å²) in [7, 11) is 2.15. The molecule has 2 atom stereocenters. The highest BCUT2D eigenvalue weighted by atomic mass is 15.2. The summed E-state index contributed by atoms with van der Waals surface area (Å²) < 4.78 is 0. The Labute approximate surface area is 114 Å². The molecule has 0 amide bonds. The van der Waals surface area contributed by atoms with Gasteiger partial charge in [-0.05, 0) is 50.6 Å². The molecule has 0 aromatic carbocycles. The molecule has 0 aliphatic heterocycles. The van der Waals surface area contributed by atoms with Crippen LogP contribution in [0.15, 0.2) is 0 Å². The molecular formula is C16H32N2. The van der Waals surface area contributed by atoms with Crippen molar-refractivity contribution in [2.45, 2.75) is 71.4 Å². The molecule has 0 saturated heterocycles. The highest BCUT2D eigenvalue weighted by Gasteiger charge is 2.40.